The Bertz CT molecular complexity index is 375. The van der Waals surface area contributed by atoms with Crippen LogP contribution in [0.15, 0.2) is 0 Å². The lowest BCUT2D eigenvalue weighted by Crippen LogP contribution is -2.49. The molecule has 1 aliphatic heterocycles. The van der Waals surface area contributed by atoms with Crippen LogP contribution < -0.4 is 5.32 Å². The van der Waals surface area contributed by atoms with Gasteiger partial charge in [0.25, 0.3) is 0 Å². The zero-order valence-electron chi connectivity index (χ0n) is 12.5. The fraction of sp³-hybridized carbons (Fsp3) is 0.867. The lowest BCUT2D eigenvalue weighted by atomic mass is 9.71. The second-order valence-electron chi connectivity index (χ2n) is 6.61. The third kappa shape index (κ3) is 3.07. The molecule has 1 atom stereocenters. The summed E-state index contributed by atoms with van der Waals surface area (Å²) in [6.45, 7) is 5.25. The summed E-state index contributed by atoms with van der Waals surface area (Å²) in [4.78, 5) is 25.6. The van der Waals surface area contributed by atoms with E-state index in [-0.39, 0.29) is 18.6 Å². The number of nitrogens with zero attached hydrogens (tertiary/aromatic N) is 1. The minimum atomic E-state index is -0.765. The van der Waals surface area contributed by atoms with Gasteiger partial charge in [-0.1, -0.05) is 6.92 Å². The van der Waals surface area contributed by atoms with Gasteiger partial charge in [-0.2, -0.15) is 0 Å². The Morgan fingerprint density at radius 1 is 1.25 bits per heavy atom. The molecule has 2 rings (SSSR count). The van der Waals surface area contributed by atoms with Gasteiger partial charge in [0.1, 0.15) is 0 Å². The first-order valence-corrected chi connectivity index (χ1v) is 7.72. The van der Waals surface area contributed by atoms with Gasteiger partial charge in [0, 0.05) is 19.1 Å². The van der Waals surface area contributed by atoms with Crippen molar-refractivity contribution in [1.29, 1.82) is 0 Å². The highest BCUT2D eigenvalue weighted by Crippen LogP contribution is 2.38. The van der Waals surface area contributed by atoms with Crippen molar-refractivity contribution in [3.05, 3.63) is 0 Å². The van der Waals surface area contributed by atoms with E-state index in [0.29, 0.717) is 18.8 Å². The first-order chi connectivity index (χ1) is 9.44. The highest BCUT2D eigenvalue weighted by atomic mass is 16.4. The van der Waals surface area contributed by atoms with Gasteiger partial charge in [-0.05, 0) is 51.4 Å². The summed E-state index contributed by atoms with van der Waals surface area (Å²) in [6.07, 6.45) is 5.27. The lowest BCUT2D eigenvalue weighted by Gasteiger charge is -2.36. The van der Waals surface area contributed by atoms with E-state index < -0.39 is 11.4 Å². The zero-order valence-corrected chi connectivity index (χ0v) is 12.5. The van der Waals surface area contributed by atoms with Crippen LogP contribution in [0.1, 0.15) is 52.4 Å². The predicted molar refractivity (Wildman–Crippen MR) is 76.5 cm³/mol. The van der Waals surface area contributed by atoms with Crippen molar-refractivity contribution < 1.29 is 14.7 Å². The molecular weight excluding hydrogens is 256 g/mol. The molecule has 0 radical (unpaired) electrons. The standard InChI is InChI=1S/C15H26N2O3/c1-11-5-7-15(8-6-11,13(18)19)10-16-14(20)17-9-3-4-12(17)2/h11-12H,3-10H2,1-2H3,(H,16,20)(H,18,19). The Balaban J connectivity index is 1.92. The zero-order chi connectivity index (χ0) is 14.8. The number of carbonyl (C=O) groups excluding carboxylic acids is 1. The topological polar surface area (TPSA) is 69.6 Å². The van der Waals surface area contributed by atoms with E-state index in [4.69, 9.17) is 0 Å². The van der Waals surface area contributed by atoms with Crippen LogP contribution in [0, 0.1) is 11.3 Å². The molecule has 0 aromatic rings. The Morgan fingerprint density at radius 3 is 2.40 bits per heavy atom. The summed E-state index contributed by atoms with van der Waals surface area (Å²) in [5.41, 5.74) is -0.759. The third-order valence-corrected chi connectivity index (χ3v) is 5.08. The Hall–Kier alpha value is -1.26. The molecule has 1 aliphatic carbocycles. The van der Waals surface area contributed by atoms with Crippen molar-refractivity contribution in [1.82, 2.24) is 10.2 Å². The molecule has 0 aromatic heterocycles. The summed E-state index contributed by atoms with van der Waals surface area (Å²) in [7, 11) is 0. The summed E-state index contributed by atoms with van der Waals surface area (Å²) < 4.78 is 0. The van der Waals surface area contributed by atoms with Crippen molar-refractivity contribution in [2.24, 2.45) is 11.3 Å². The number of nitrogens with one attached hydrogen (secondary N) is 1. The van der Waals surface area contributed by atoms with Gasteiger partial charge in [0.05, 0.1) is 5.41 Å². The molecule has 5 nitrogen and oxygen atoms in total. The quantitative estimate of drug-likeness (QED) is 0.835. The maximum Gasteiger partial charge on any atom is 0.317 e. The first kappa shape index (κ1) is 15.1. The molecule has 0 bridgehead atoms. The fourth-order valence-electron chi connectivity index (χ4n) is 3.36. The first-order valence-electron chi connectivity index (χ1n) is 7.72. The molecule has 0 spiro atoms. The van der Waals surface area contributed by atoms with Crippen LogP contribution >= 0.6 is 0 Å². The van der Waals surface area contributed by atoms with Crippen molar-refractivity contribution in [2.75, 3.05) is 13.1 Å². The van der Waals surface area contributed by atoms with Gasteiger partial charge in [-0.15, -0.1) is 0 Å². The molecule has 1 saturated carbocycles. The van der Waals surface area contributed by atoms with Gasteiger partial charge in [0.2, 0.25) is 0 Å². The molecule has 20 heavy (non-hydrogen) atoms. The molecule has 2 amide bonds. The monoisotopic (exact) mass is 282 g/mol. The summed E-state index contributed by atoms with van der Waals surface area (Å²) in [5, 5.41) is 12.4. The molecule has 1 unspecified atom stereocenters. The Kier molecular flexibility index (Phi) is 4.55. The fourth-order valence-corrected chi connectivity index (χ4v) is 3.36. The minimum Gasteiger partial charge on any atom is -0.481 e. The number of urea groups is 1. The van der Waals surface area contributed by atoms with Crippen LogP contribution in [0.25, 0.3) is 0 Å². The van der Waals surface area contributed by atoms with Crippen LogP contribution in [0.4, 0.5) is 4.79 Å². The number of aliphatic carboxylic acids is 1. The molecule has 2 N–H and O–H groups in total. The van der Waals surface area contributed by atoms with Crippen molar-refractivity contribution in [3.63, 3.8) is 0 Å². The normalized spacial score (nSPS) is 34.0. The number of likely N-dealkylation sites (tertiary alicyclic amines) is 1. The van der Waals surface area contributed by atoms with Gasteiger partial charge in [-0.3, -0.25) is 4.79 Å². The smallest absolute Gasteiger partial charge is 0.317 e. The van der Waals surface area contributed by atoms with E-state index in [1.165, 1.54) is 0 Å². The maximum absolute atomic E-state index is 12.1. The molecule has 1 saturated heterocycles. The average molecular weight is 282 g/mol. The number of hydrogen-bond donors (Lipinski definition) is 2. The van der Waals surface area contributed by atoms with Crippen LogP contribution in [0.3, 0.4) is 0 Å². The van der Waals surface area contributed by atoms with E-state index in [1.807, 2.05) is 11.8 Å². The number of carboxylic acid groups (broad SMARTS) is 1. The summed E-state index contributed by atoms with van der Waals surface area (Å²) in [6, 6.07) is 0.163. The van der Waals surface area contributed by atoms with Gasteiger partial charge >= 0.3 is 12.0 Å². The third-order valence-electron chi connectivity index (χ3n) is 5.08. The highest BCUT2D eigenvalue weighted by Gasteiger charge is 2.41. The van der Waals surface area contributed by atoms with Crippen molar-refractivity contribution in [3.8, 4) is 0 Å². The molecular formula is C15H26N2O3. The Morgan fingerprint density at radius 2 is 1.90 bits per heavy atom. The number of carbonyl (C=O) groups is 2. The van der Waals surface area contributed by atoms with E-state index in [1.54, 1.807) is 0 Å². The second kappa shape index (κ2) is 6.02. The molecule has 0 aromatic carbocycles. The van der Waals surface area contributed by atoms with Crippen molar-refractivity contribution >= 4 is 12.0 Å². The van der Waals surface area contributed by atoms with Gasteiger partial charge in [-0.25, -0.2) is 4.79 Å². The number of rotatable bonds is 3. The van der Waals surface area contributed by atoms with Gasteiger partial charge in [0.15, 0.2) is 0 Å². The maximum atomic E-state index is 12.1. The Labute approximate surface area is 120 Å². The SMILES string of the molecule is CC1CCC(CNC(=O)N2CCCC2C)(C(=O)O)CC1. The van der Waals surface area contributed by atoms with Crippen LogP contribution in [0.5, 0.6) is 0 Å². The number of amides is 2. The summed E-state index contributed by atoms with van der Waals surface area (Å²) >= 11 is 0. The minimum absolute atomic E-state index is 0.103. The van der Waals surface area contributed by atoms with Crippen molar-refractivity contribution in [2.45, 2.75) is 58.4 Å². The molecule has 2 aliphatic rings. The van der Waals surface area contributed by atoms with Crippen LogP contribution in [-0.4, -0.2) is 41.1 Å². The number of hydrogen-bond acceptors (Lipinski definition) is 2. The average Bonchev–Trinajstić information content (AvgIpc) is 2.84. The van der Waals surface area contributed by atoms with Crippen LogP contribution in [0.2, 0.25) is 0 Å². The highest BCUT2D eigenvalue weighted by molar-refractivity contribution is 5.78. The summed E-state index contributed by atoms with van der Waals surface area (Å²) in [5.74, 6) is -0.170. The number of carboxylic acids is 1. The van der Waals surface area contributed by atoms with Crippen LogP contribution in [-0.2, 0) is 4.79 Å². The van der Waals surface area contributed by atoms with E-state index in [0.717, 1.165) is 32.2 Å². The van der Waals surface area contributed by atoms with E-state index in [9.17, 15) is 14.7 Å². The second-order valence-corrected chi connectivity index (χ2v) is 6.61. The predicted octanol–water partition coefficient (Wildman–Crippen LogP) is 2.46. The molecule has 114 valence electrons. The largest absolute Gasteiger partial charge is 0.481 e. The molecule has 2 fully saturated rings. The molecule has 1 heterocycles. The lowest BCUT2D eigenvalue weighted by molar-refractivity contribution is -0.151. The van der Waals surface area contributed by atoms with Gasteiger partial charge < -0.3 is 15.3 Å². The van der Waals surface area contributed by atoms with E-state index in [2.05, 4.69) is 12.2 Å². The molecule has 5 heteroatoms. The van der Waals surface area contributed by atoms with E-state index >= 15 is 0 Å².